The van der Waals surface area contributed by atoms with E-state index in [0.29, 0.717) is 18.8 Å². The summed E-state index contributed by atoms with van der Waals surface area (Å²) in [7, 11) is 3.41. The van der Waals surface area contributed by atoms with Gasteiger partial charge in [0.25, 0.3) is 0 Å². The summed E-state index contributed by atoms with van der Waals surface area (Å²) >= 11 is 4.27. The van der Waals surface area contributed by atoms with Crippen molar-refractivity contribution in [3.05, 3.63) is 39.0 Å². The second kappa shape index (κ2) is 10.7. The second-order valence-electron chi connectivity index (χ2n) is 8.01. The molecular weight excluding hydrogens is 535 g/mol. The largest absolute Gasteiger partial charge is 0.446 e. The van der Waals surface area contributed by atoms with Crippen LogP contribution in [-0.4, -0.2) is 69.2 Å². The van der Waals surface area contributed by atoms with Gasteiger partial charge < -0.3 is 10.1 Å². The molecule has 12 nitrogen and oxygen atoms in total. The lowest BCUT2D eigenvalue weighted by Crippen LogP contribution is -2.34. The van der Waals surface area contributed by atoms with Crippen LogP contribution in [0.1, 0.15) is 20.8 Å². The van der Waals surface area contributed by atoms with Gasteiger partial charge in [-0.3, -0.25) is 13.0 Å². The Hall–Kier alpha value is -2.78. The number of anilines is 1. The van der Waals surface area contributed by atoms with E-state index in [-0.39, 0.29) is 21.8 Å². The van der Waals surface area contributed by atoms with E-state index in [9.17, 15) is 14.0 Å². The predicted molar refractivity (Wildman–Crippen MR) is 131 cm³/mol. The molecule has 180 valence electrons. The van der Waals surface area contributed by atoms with Gasteiger partial charge in [-0.1, -0.05) is 5.16 Å². The van der Waals surface area contributed by atoms with Gasteiger partial charge in [0.1, 0.15) is 11.4 Å². The van der Waals surface area contributed by atoms with Crippen LogP contribution >= 0.6 is 28.1 Å². The SMILES string of the molecule is BN(CCNc1nonc1-c1noc(=O)n1-c1ccc(F)c(Br)c1)SN(B)C(=O)OC(C)(C)C. The molecule has 34 heavy (non-hydrogen) atoms. The Morgan fingerprint density at radius 3 is 2.74 bits per heavy atom. The van der Waals surface area contributed by atoms with E-state index in [1.165, 1.54) is 34.5 Å². The number of halogens is 2. The second-order valence-corrected chi connectivity index (χ2v) is 10.2. The van der Waals surface area contributed by atoms with Gasteiger partial charge in [-0.25, -0.2) is 23.2 Å². The highest BCUT2D eigenvalue weighted by Gasteiger charge is 2.24. The molecule has 1 amide bonds. The average Bonchev–Trinajstić information content (AvgIpc) is 3.35. The fraction of sp³-hybridized carbons (Fsp3) is 0.353. The molecule has 0 saturated heterocycles. The molecular formula is C17H21B2BrFN7O5S. The highest BCUT2D eigenvalue weighted by atomic mass is 79.9. The summed E-state index contributed by atoms with van der Waals surface area (Å²) in [4.78, 5) is 24.4. The number of nitrogens with zero attached hydrogens (tertiary/aromatic N) is 6. The molecule has 0 radical (unpaired) electrons. The molecule has 0 saturated carbocycles. The van der Waals surface area contributed by atoms with Gasteiger partial charge in [0.15, 0.2) is 5.69 Å². The zero-order valence-corrected chi connectivity index (χ0v) is 21.4. The van der Waals surface area contributed by atoms with Crippen LogP contribution in [0.25, 0.3) is 17.2 Å². The molecule has 2 aromatic heterocycles. The molecule has 2 heterocycles. The van der Waals surface area contributed by atoms with Crippen LogP contribution in [-0.2, 0) is 4.74 Å². The van der Waals surface area contributed by atoms with Crippen molar-refractivity contribution in [1.29, 1.82) is 0 Å². The lowest BCUT2D eigenvalue weighted by molar-refractivity contribution is 0.0485. The van der Waals surface area contributed by atoms with Crippen molar-refractivity contribution in [3.8, 4) is 17.2 Å². The lowest BCUT2D eigenvalue weighted by Gasteiger charge is -2.27. The van der Waals surface area contributed by atoms with Gasteiger partial charge in [-0.2, -0.15) is 0 Å². The molecule has 17 heteroatoms. The molecule has 0 aliphatic heterocycles. The summed E-state index contributed by atoms with van der Waals surface area (Å²) in [6.07, 6.45) is -0.461. The van der Waals surface area contributed by atoms with E-state index in [4.69, 9.17) is 13.9 Å². The Kier molecular flexibility index (Phi) is 8.09. The first kappa shape index (κ1) is 25.8. The van der Waals surface area contributed by atoms with E-state index in [2.05, 4.69) is 36.7 Å². The van der Waals surface area contributed by atoms with Crippen LogP contribution in [0, 0.1) is 5.82 Å². The van der Waals surface area contributed by atoms with Crippen molar-refractivity contribution in [1.82, 2.24) is 28.5 Å². The third-order valence-corrected chi connectivity index (χ3v) is 5.56. The molecule has 0 spiro atoms. The van der Waals surface area contributed by atoms with Gasteiger partial charge in [0.2, 0.25) is 27.6 Å². The first-order valence-corrected chi connectivity index (χ1v) is 11.5. The Balaban J connectivity index is 1.66. The molecule has 1 aromatic carbocycles. The van der Waals surface area contributed by atoms with Gasteiger partial charge >= 0.3 is 11.8 Å². The summed E-state index contributed by atoms with van der Waals surface area (Å²) in [6, 6.07) is 4.01. The minimum atomic E-state index is -0.788. The van der Waals surface area contributed by atoms with Crippen LogP contribution in [0.2, 0.25) is 0 Å². The number of amides is 1. The van der Waals surface area contributed by atoms with E-state index in [1.54, 1.807) is 36.7 Å². The molecule has 0 atom stereocenters. The topological polar surface area (TPSA) is 132 Å². The standard InChI is InChI=1S/C17H21B2BrFN7O5S/c1-17(2,3)31-16(30)28(19)34-26(18)7-6-22-13-12(23-33-24-13)14-25-32-15(29)27(14)9-4-5-11(21)10(20)8-9/h4-5,8H,6-7,18-19H2,1-3H3,(H,22,24). The molecule has 0 fully saturated rings. The van der Waals surface area contributed by atoms with E-state index in [1.807, 2.05) is 4.22 Å². The fourth-order valence-electron chi connectivity index (χ4n) is 2.64. The van der Waals surface area contributed by atoms with E-state index in [0.717, 1.165) is 4.57 Å². The molecule has 3 rings (SSSR count). The predicted octanol–water partition coefficient (Wildman–Crippen LogP) is 1.39. The molecule has 0 unspecified atom stereocenters. The van der Waals surface area contributed by atoms with Crippen LogP contribution in [0.5, 0.6) is 0 Å². The zero-order chi connectivity index (χ0) is 25.0. The van der Waals surface area contributed by atoms with Crippen LogP contribution in [0.4, 0.5) is 15.0 Å². The minimum Gasteiger partial charge on any atom is -0.444 e. The summed E-state index contributed by atoms with van der Waals surface area (Å²) in [5.74, 6) is -1.02. The van der Waals surface area contributed by atoms with Crippen molar-refractivity contribution in [2.75, 3.05) is 18.4 Å². The number of carbonyl (C=O) groups is 1. The van der Waals surface area contributed by atoms with Gasteiger partial charge in [-0.15, -0.1) is 0 Å². The van der Waals surface area contributed by atoms with Crippen LogP contribution in [0.3, 0.4) is 0 Å². The number of ether oxygens (including phenoxy) is 1. The van der Waals surface area contributed by atoms with Crippen molar-refractivity contribution in [2.24, 2.45) is 0 Å². The Morgan fingerprint density at radius 2 is 2.06 bits per heavy atom. The zero-order valence-electron chi connectivity index (χ0n) is 19.0. The highest BCUT2D eigenvalue weighted by Crippen LogP contribution is 2.26. The first-order chi connectivity index (χ1) is 16.0. The summed E-state index contributed by atoms with van der Waals surface area (Å²) in [6.45, 7) is 6.26. The third kappa shape index (κ3) is 6.42. The number of rotatable bonds is 8. The smallest absolute Gasteiger partial charge is 0.444 e. The number of carbonyl (C=O) groups excluding carboxylic acids is 1. The van der Waals surface area contributed by atoms with Crippen molar-refractivity contribution < 1.29 is 23.1 Å². The average molecular weight is 556 g/mol. The maximum atomic E-state index is 13.6. The lowest BCUT2D eigenvalue weighted by atomic mass is 10.2. The molecule has 3 aromatic rings. The van der Waals surface area contributed by atoms with Crippen molar-refractivity contribution in [3.63, 3.8) is 0 Å². The summed E-state index contributed by atoms with van der Waals surface area (Å²) < 4.78 is 33.0. The number of aromatic nitrogens is 4. The van der Waals surface area contributed by atoms with Crippen molar-refractivity contribution >= 4 is 55.9 Å². The van der Waals surface area contributed by atoms with Gasteiger partial charge in [0.05, 0.1) is 10.2 Å². The minimum absolute atomic E-state index is 0.0275. The van der Waals surface area contributed by atoms with Gasteiger partial charge in [0, 0.05) is 25.2 Å². The van der Waals surface area contributed by atoms with E-state index < -0.39 is 23.3 Å². The molecule has 0 bridgehead atoms. The number of nitrogens with one attached hydrogen (secondary N) is 1. The van der Waals surface area contributed by atoms with Crippen LogP contribution < -0.4 is 11.1 Å². The fourth-order valence-corrected chi connectivity index (χ4v) is 3.71. The number of hydrogen-bond donors (Lipinski definition) is 1. The normalized spacial score (nSPS) is 11.6. The molecule has 0 aliphatic rings. The quantitative estimate of drug-likeness (QED) is 0.319. The maximum Gasteiger partial charge on any atom is 0.446 e. The third-order valence-electron chi connectivity index (χ3n) is 4.10. The first-order valence-electron chi connectivity index (χ1n) is 9.93. The number of hydrogen-bond acceptors (Lipinski definition) is 11. The highest BCUT2D eigenvalue weighted by molar-refractivity contribution is 9.10. The maximum absolute atomic E-state index is 13.6. The summed E-state index contributed by atoms with van der Waals surface area (Å²) in [5.41, 5.74) is -0.147. The Labute approximate surface area is 208 Å². The molecule has 1 N–H and O–H groups in total. The molecule has 0 aliphatic carbocycles. The Morgan fingerprint density at radius 1 is 1.32 bits per heavy atom. The van der Waals surface area contributed by atoms with Crippen molar-refractivity contribution in [2.45, 2.75) is 26.4 Å². The monoisotopic (exact) mass is 555 g/mol. The number of benzene rings is 1. The van der Waals surface area contributed by atoms with E-state index >= 15 is 0 Å². The van der Waals surface area contributed by atoms with Crippen LogP contribution in [0.15, 0.2) is 36.6 Å². The summed E-state index contributed by atoms with van der Waals surface area (Å²) in [5, 5.41) is 14.5. The van der Waals surface area contributed by atoms with Gasteiger partial charge in [-0.05, 0) is 65.2 Å². The Bertz CT molecular complexity index is 1220.